The van der Waals surface area contributed by atoms with E-state index in [1.807, 2.05) is 73.1 Å². The van der Waals surface area contributed by atoms with Gasteiger partial charge in [-0.1, -0.05) is 152 Å². The highest BCUT2D eigenvalue weighted by Gasteiger charge is 2.18. The van der Waals surface area contributed by atoms with Crippen LogP contribution in [-0.4, -0.2) is 19.9 Å². The molecule has 50 heavy (non-hydrogen) atoms. The zero-order valence-corrected chi connectivity index (χ0v) is 27.1. The van der Waals surface area contributed by atoms with Gasteiger partial charge >= 0.3 is 0 Å². The minimum absolute atomic E-state index is 0.641. The van der Waals surface area contributed by atoms with Crippen molar-refractivity contribution >= 4 is 21.5 Å². The van der Waals surface area contributed by atoms with Crippen molar-refractivity contribution in [1.82, 2.24) is 19.9 Å². The predicted molar refractivity (Wildman–Crippen MR) is 205 cm³/mol. The molecule has 0 fully saturated rings. The van der Waals surface area contributed by atoms with E-state index >= 15 is 0 Å². The van der Waals surface area contributed by atoms with Crippen molar-refractivity contribution in [1.29, 1.82) is 0 Å². The molecule has 0 unspecified atom stereocenters. The fourth-order valence-electron chi connectivity index (χ4n) is 6.84. The summed E-state index contributed by atoms with van der Waals surface area (Å²) in [6.07, 6.45) is 3.75. The lowest BCUT2D eigenvalue weighted by Gasteiger charge is -2.19. The Morgan fingerprint density at radius 2 is 0.660 bits per heavy atom. The Hall–Kier alpha value is -6.78. The van der Waals surface area contributed by atoms with Gasteiger partial charge in [-0.05, 0) is 73.1 Å². The zero-order chi connectivity index (χ0) is 33.3. The van der Waals surface area contributed by atoms with E-state index in [1.165, 1.54) is 38.2 Å². The average Bonchev–Trinajstić information content (AvgIpc) is 3.21. The molecule has 0 aliphatic heterocycles. The SMILES string of the molecule is c1ccc(-c2nc(-c3ccccc3)nc(-c3ccc(-c4ccc5c(c4)c(-c4ccccc4)c(-c4ccncc4)c4ccccc45)cc3)n2)cc1. The summed E-state index contributed by atoms with van der Waals surface area (Å²) in [5, 5.41) is 4.89. The van der Waals surface area contributed by atoms with Crippen LogP contribution in [0.1, 0.15) is 0 Å². The first kappa shape index (κ1) is 29.4. The third-order valence-corrected chi connectivity index (χ3v) is 9.23. The van der Waals surface area contributed by atoms with E-state index in [9.17, 15) is 0 Å². The predicted octanol–water partition coefficient (Wildman–Crippen LogP) is 11.6. The third-order valence-electron chi connectivity index (χ3n) is 9.23. The molecule has 0 bridgehead atoms. The summed E-state index contributed by atoms with van der Waals surface area (Å²) in [6.45, 7) is 0. The smallest absolute Gasteiger partial charge is 0.164 e. The summed E-state index contributed by atoms with van der Waals surface area (Å²) in [7, 11) is 0. The number of hydrogen-bond donors (Lipinski definition) is 0. The van der Waals surface area contributed by atoms with Gasteiger partial charge in [0, 0.05) is 29.1 Å². The highest BCUT2D eigenvalue weighted by atomic mass is 15.0. The Morgan fingerprint density at radius 1 is 0.260 bits per heavy atom. The van der Waals surface area contributed by atoms with Crippen LogP contribution in [-0.2, 0) is 0 Å². The summed E-state index contributed by atoms with van der Waals surface area (Å²) >= 11 is 0. The first-order valence-corrected chi connectivity index (χ1v) is 16.7. The minimum Gasteiger partial charge on any atom is -0.265 e. The summed E-state index contributed by atoms with van der Waals surface area (Å²) < 4.78 is 0. The van der Waals surface area contributed by atoms with Crippen molar-refractivity contribution in [3.8, 4) is 67.5 Å². The first-order valence-electron chi connectivity index (χ1n) is 16.7. The van der Waals surface area contributed by atoms with E-state index in [4.69, 9.17) is 15.0 Å². The molecule has 2 aromatic heterocycles. The van der Waals surface area contributed by atoms with Crippen LogP contribution < -0.4 is 0 Å². The van der Waals surface area contributed by atoms with Gasteiger partial charge in [0.2, 0.25) is 0 Å². The van der Waals surface area contributed by atoms with Gasteiger partial charge in [0.1, 0.15) is 0 Å². The lowest BCUT2D eigenvalue weighted by molar-refractivity contribution is 1.07. The molecule has 0 N–H and O–H groups in total. The van der Waals surface area contributed by atoms with Crippen LogP contribution in [0.25, 0.3) is 89.1 Å². The lowest BCUT2D eigenvalue weighted by atomic mass is 9.84. The summed E-state index contributed by atoms with van der Waals surface area (Å²) in [4.78, 5) is 19.0. The maximum Gasteiger partial charge on any atom is 0.164 e. The third kappa shape index (κ3) is 5.39. The normalized spacial score (nSPS) is 11.2. The van der Waals surface area contributed by atoms with Crippen LogP contribution in [0.2, 0.25) is 0 Å². The van der Waals surface area contributed by atoms with Gasteiger partial charge in [0.25, 0.3) is 0 Å². The molecule has 0 atom stereocenters. The average molecular weight is 639 g/mol. The molecule has 234 valence electrons. The molecule has 4 heteroatoms. The van der Waals surface area contributed by atoms with Gasteiger partial charge in [-0.3, -0.25) is 4.98 Å². The van der Waals surface area contributed by atoms with Crippen LogP contribution in [0.4, 0.5) is 0 Å². The Labute approximate surface area is 290 Å². The number of aromatic nitrogens is 4. The van der Waals surface area contributed by atoms with E-state index in [0.717, 1.165) is 33.4 Å². The quantitative estimate of drug-likeness (QED) is 0.170. The highest BCUT2D eigenvalue weighted by Crippen LogP contribution is 2.45. The molecular formula is C46H30N4. The Kier molecular flexibility index (Phi) is 7.45. The van der Waals surface area contributed by atoms with Gasteiger partial charge < -0.3 is 0 Å². The van der Waals surface area contributed by atoms with Crippen molar-refractivity contribution in [2.24, 2.45) is 0 Å². The zero-order valence-electron chi connectivity index (χ0n) is 27.1. The van der Waals surface area contributed by atoms with Gasteiger partial charge in [0.15, 0.2) is 17.5 Å². The van der Waals surface area contributed by atoms with Crippen LogP contribution in [0, 0.1) is 0 Å². The van der Waals surface area contributed by atoms with Crippen molar-refractivity contribution in [2.75, 3.05) is 0 Å². The van der Waals surface area contributed by atoms with E-state index in [1.54, 1.807) is 0 Å². The topological polar surface area (TPSA) is 51.6 Å². The van der Waals surface area contributed by atoms with Gasteiger partial charge in [-0.25, -0.2) is 15.0 Å². The number of pyridine rings is 1. The van der Waals surface area contributed by atoms with Crippen LogP contribution in [0.15, 0.2) is 182 Å². The molecule has 0 radical (unpaired) electrons. The molecule has 0 amide bonds. The molecule has 0 aliphatic carbocycles. The molecule has 9 rings (SSSR count). The molecule has 9 aromatic rings. The second kappa shape index (κ2) is 12.7. The minimum atomic E-state index is 0.641. The molecule has 7 aromatic carbocycles. The number of benzene rings is 7. The number of fused-ring (bicyclic) bond motifs is 3. The molecule has 0 saturated carbocycles. The van der Waals surface area contributed by atoms with Crippen LogP contribution in [0.5, 0.6) is 0 Å². The van der Waals surface area contributed by atoms with E-state index < -0.39 is 0 Å². The summed E-state index contributed by atoms with van der Waals surface area (Å²) in [5.74, 6) is 1.94. The van der Waals surface area contributed by atoms with Crippen molar-refractivity contribution < 1.29 is 0 Å². The van der Waals surface area contributed by atoms with Crippen molar-refractivity contribution in [2.45, 2.75) is 0 Å². The fraction of sp³-hybridized carbons (Fsp3) is 0. The largest absolute Gasteiger partial charge is 0.265 e. The Morgan fingerprint density at radius 3 is 1.24 bits per heavy atom. The van der Waals surface area contributed by atoms with E-state index in [2.05, 4.69) is 114 Å². The summed E-state index contributed by atoms with van der Waals surface area (Å²) in [6, 6.07) is 59.2. The van der Waals surface area contributed by atoms with Gasteiger partial charge in [-0.15, -0.1) is 0 Å². The molecule has 2 heterocycles. The molecule has 0 aliphatic rings. The molecule has 0 saturated heterocycles. The highest BCUT2D eigenvalue weighted by molar-refractivity contribution is 6.22. The van der Waals surface area contributed by atoms with Crippen LogP contribution in [0.3, 0.4) is 0 Å². The molecule has 0 spiro atoms. The van der Waals surface area contributed by atoms with Crippen molar-refractivity contribution in [3.05, 3.63) is 182 Å². The molecular weight excluding hydrogens is 609 g/mol. The number of rotatable bonds is 6. The fourth-order valence-corrected chi connectivity index (χ4v) is 6.84. The summed E-state index contributed by atoms with van der Waals surface area (Å²) in [5.41, 5.74) is 9.86. The maximum atomic E-state index is 4.93. The maximum absolute atomic E-state index is 4.93. The molecule has 4 nitrogen and oxygen atoms in total. The first-order chi connectivity index (χ1) is 24.8. The van der Waals surface area contributed by atoms with Crippen LogP contribution >= 0.6 is 0 Å². The van der Waals surface area contributed by atoms with E-state index in [0.29, 0.717) is 17.5 Å². The Bertz CT molecular complexity index is 2550. The van der Waals surface area contributed by atoms with Crippen molar-refractivity contribution in [3.63, 3.8) is 0 Å². The monoisotopic (exact) mass is 638 g/mol. The Balaban J connectivity index is 1.20. The lowest BCUT2D eigenvalue weighted by Crippen LogP contribution is -2.00. The second-order valence-corrected chi connectivity index (χ2v) is 12.3. The number of nitrogens with zero attached hydrogens (tertiary/aromatic N) is 4. The second-order valence-electron chi connectivity index (χ2n) is 12.3. The number of hydrogen-bond acceptors (Lipinski definition) is 4. The van der Waals surface area contributed by atoms with Gasteiger partial charge in [0.05, 0.1) is 0 Å². The van der Waals surface area contributed by atoms with Gasteiger partial charge in [-0.2, -0.15) is 0 Å². The standard InChI is InChI=1S/C46H30N4/c1-4-12-32(13-5-1)43-41-30-37(24-25-39(41)38-18-10-11-19-40(38)42(43)33-26-28-47-29-27-33)31-20-22-36(23-21-31)46-49-44(34-14-6-2-7-15-34)48-45(50-46)35-16-8-3-9-17-35/h1-30H. The van der Waals surface area contributed by atoms with E-state index in [-0.39, 0.29) is 0 Å².